The molecule has 1 spiro atoms. The van der Waals surface area contributed by atoms with Crippen LogP contribution in [0.3, 0.4) is 0 Å². The topological polar surface area (TPSA) is 32.8 Å². The number of thioether (sulfide) groups is 1. The van der Waals surface area contributed by atoms with Crippen molar-refractivity contribution in [3.63, 3.8) is 0 Å². The van der Waals surface area contributed by atoms with E-state index in [1.807, 2.05) is 50.7 Å². The number of hydrogen-bond donors (Lipinski definition) is 0. The standard InChI is InChI=1S/C28H36Cl2N2O2S/c1-27(2,3)34-26(33)31(4)18-21(20-9-10-23(29)24(30)17-20)11-14-32-15-12-28(13-16-32)19-35-25-8-6-5-7-22(25)28/h5-10,17,21H,11-16,18-19H2,1-4H3/t21-/m1/s1. The van der Waals surface area contributed by atoms with Crippen LogP contribution in [0.4, 0.5) is 4.79 Å². The molecule has 2 heterocycles. The summed E-state index contributed by atoms with van der Waals surface area (Å²) in [6, 6.07) is 14.7. The second-order valence-corrected chi connectivity index (χ2v) is 12.8. The van der Waals surface area contributed by atoms with Gasteiger partial charge in [-0.2, -0.15) is 0 Å². The number of fused-ring (bicyclic) bond motifs is 2. The van der Waals surface area contributed by atoms with Gasteiger partial charge in [0.2, 0.25) is 0 Å². The number of carbonyl (C=O) groups excluding carboxylic acids is 1. The summed E-state index contributed by atoms with van der Waals surface area (Å²) in [7, 11) is 1.80. The van der Waals surface area contributed by atoms with E-state index in [4.69, 9.17) is 27.9 Å². The Hall–Kier alpha value is -1.40. The van der Waals surface area contributed by atoms with Crippen molar-refractivity contribution >= 4 is 41.1 Å². The summed E-state index contributed by atoms with van der Waals surface area (Å²) in [4.78, 5) is 18.4. The van der Waals surface area contributed by atoms with Gasteiger partial charge in [-0.1, -0.05) is 47.5 Å². The summed E-state index contributed by atoms with van der Waals surface area (Å²) in [6.07, 6.45) is 3.03. The maximum atomic E-state index is 12.6. The summed E-state index contributed by atoms with van der Waals surface area (Å²) >= 11 is 14.6. The summed E-state index contributed by atoms with van der Waals surface area (Å²) in [5, 5.41) is 1.09. The predicted octanol–water partition coefficient (Wildman–Crippen LogP) is 7.47. The lowest BCUT2D eigenvalue weighted by atomic mass is 9.74. The molecule has 190 valence electrons. The Morgan fingerprint density at radius 3 is 2.54 bits per heavy atom. The van der Waals surface area contributed by atoms with Crippen molar-refractivity contribution in [2.45, 2.75) is 61.9 Å². The van der Waals surface area contributed by atoms with Crippen LogP contribution in [0.5, 0.6) is 0 Å². The second-order valence-electron chi connectivity index (χ2n) is 10.9. The van der Waals surface area contributed by atoms with Gasteiger partial charge in [0.25, 0.3) is 0 Å². The minimum Gasteiger partial charge on any atom is -0.444 e. The van der Waals surface area contributed by atoms with Gasteiger partial charge in [0.1, 0.15) is 5.60 Å². The molecule has 35 heavy (non-hydrogen) atoms. The minimum absolute atomic E-state index is 0.140. The Morgan fingerprint density at radius 1 is 1.14 bits per heavy atom. The van der Waals surface area contributed by atoms with Crippen LogP contribution >= 0.6 is 35.0 Å². The van der Waals surface area contributed by atoms with Crippen LogP contribution in [-0.2, 0) is 10.2 Å². The van der Waals surface area contributed by atoms with Crippen LogP contribution in [0, 0.1) is 0 Å². The van der Waals surface area contributed by atoms with E-state index in [1.165, 1.54) is 23.5 Å². The Morgan fingerprint density at radius 2 is 1.86 bits per heavy atom. The molecule has 2 aliphatic rings. The van der Waals surface area contributed by atoms with E-state index in [-0.39, 0.29) is 12.0 Å². The fraction of sp³-hybridized carbons (Fsp3) is 0.536. The number of likely N-dealkylation sites (tertiary alicyclic amines) is 1. The number of carbonyl (C=O) groups is 1. The molecule has 0 saturated carbocycles. The number of ether oxygens (including phenoxy) is 1. The quantitative estimate of drug-likeness (QED) is 0.384. The van der Waals surface area contributed by atoms with Crippen molar-refractivity contribution in [1.82, 2.24) is 9.80 Å². The van der Waals surface area contributed by atoms with E-state index in [0.717, 1.165) is 31.6 Å². The van der Waals surface area contributed by atoms with Crippen LogP contribution < -0.4 is 0 Å². The van der Waals surface area contributed by atoms with E-state index >= 15 is 0 Å². The maximum absolute atomic E-state index is 12.6. The first-order chi connectivity index (χ1) is 16.6. The third-order valence-corrected chi connectivity index (χ3v) is 9.29. The smallest absolute Gasteiger partial charge is 0.410 e. The Labute approximate surface area is 224 Å². The van der Waals surface area contributed by atoms with Crippen LogP contribution in [0.25, 0.3) is 0 Å². The number of nitrogens with zero attached hydrogens (tertiary/aromatic N) is 2. The highest BCUT2D eigenvalue weighted by Gasteiger charge is 2.41. The number of benzene rings is 2. The van der Waals surface area contributed by atoms with E-state index in [2.05, 4.69) is 29.2 Å². The monoisotopic (exact) mass is 534 g/mol. The number of piperidine rings is 1. The molecule has 1 amide bonds. The summed E-state index contributed by atoms with van der Waals surface area (Å²) in [6.45, 7) is 9.42. The van der Waals surface area contributed by atoms with Gasteiger partial charge in [0, 0.05) is 35.6 Å². The van der Waals surface area contributed by atoms with E-state index < -0.39 is 5.60 Å². The zero-order valence-electron chi connectivity index (χ0n) is 21.2. The number of likely N-dealkylation sites (N-methyl/N-ethyl adjacent to an activating group) is 1. The highest BCUT2D eigenvalue weighted by atomic mass is 35.5. The Kier molecular flexibility index (Phi) is 8.32. The molecule has 2 aliphatic heterocycles. The summed E-state index contributed by atoms with van der Waals surface area (Å²) in [5.74, 6) is 1.34. The SMILES string of the molecule is CN(C[C@@H](CCN1CCC2(CC1)CSc1ccccc12)c1ccc(Cl)c(Cl)c1)C(=O)OC(C)(C)C. The third-order valence-electron chi connectivity index (χ3n) is 7.18. The first-order valence-corrected chi connectivity index (χ1v) is 14.1. The first kappa shape index (κ1) is 26.7. The molecule has 0 radical (unpaired) electrons. The number of halogens is 2. The van der Waals surface area contributed by atoms with Crippen molar-refractivity contribution in [2.24, 2.45) is 0 Å². The zero-order chi connectivity index (χ0) is 25.2. The molecule has 0 aromatic heterocycles. The van der Waals surface area contributed by atoms with E-state index in [9.17, 15) is 4.79 Å². The first-order valence-electron chi connectivity index (χ1n) is 12.4. The molecule has 4 rings (SSSR count). The zero-order valence-corrected chi connectivity index (χ0v) is 23.5. The van der Waals surface area contributed by atoms with Crippen LogP contribution in [0.2, 0.25) is 10.0 Å². The second kappa shape index (κ2) is 10.9. The van der Waals surface area contributed by atoms with Gasteiger partial charge in [-0.05, 0) is 89.0 Å². The molecule has 1 atom stereocenters. The fourth-order valence-electron chi connectivity index (χ4n) is 5.16. The van der Waals surface area contributed by atoms with Crippen LogP contribution in [-0.4, -0.2) is 60.5 Å². The number of rotatable bonds is 6. The molecular weight excluding hydrogens is 499 g/mol. The van der Waals surface area contributed by atoms with E-state index in [1.54, 1.807) is 17.5 Å². The van der Waals surface area contributed by atoms with Gasteiger partial charge in [-0.25, -0.2) is 4.79 Å². The van der Waals surface area contributed by atoms with Crippen molar-refractivity contribution in [3.8, 4) is 0 Å². The van der Waals surface area contributed by atoms with Gasteiger partial charge >= 0.3 is 6.09 Å². The lowest BCUT2D eigenvalue weighted by molar-refractivity contribution is 0.0284. The molecule has 2 aromatic rings. The molecule has 0 aliphatic carbocycles. The minimum atomic E-state index is -0.522. The van der Waals surface area contributed by atoms with Gasteiger partial charge in [0.15, 0.2) is 0 Å². The normalized spacial score (nSPS) is 18.3. The molecule has 4 nitrogen and oxygen atoms in total. The largest absolute Gasteiger partial charge is 0.444 e. The van der Waals surface area contributed by atoms with Crippen molar-refractivity contribution in [1.29, 1.82) is 0 Å². The number of hydrogen-bond acceptors (Lipinski definition) is 4. The van der Waals surface area contributed by atoms with Crippen LogP contribution in [0.1, 0.15) is 57.1 Å². The third kappa shape index (κ3) is 6.49. The Balaban J connectivity index is 1.40. The van der Waals surface area contributed by atoms with Gasteiger partial charge in [-0.3, -0.25) is 0 Å². The highest BCUT2D eigenvalue weighted by molar-refractivity contribution is 7.99. The van der Waals surface area contributed by atoms with Gasteiger partial charge in [-0.15, -0.1) is 11.8 Å². The highest BCUT2D eigenvalue weighted by Crippen LogP contribution is 2.49. The van der Waals surface area contributed by atoms with Gasteiger partial charge in [0.05, 0.1) is 10.0 Å². The molecule has 7 heteroatoms. The molecule has 0 unspecified atom stereocenters. The van der Waals surface area contributed by atoms with Crippen molar-refractivity contribution < 1.29 is 9.53 Å². The predicted molar refractivity (Wildman–Crippen MR) is 147 cm³/mol. The maximum Gasteiger partial charge on any atom is 0.410 e. The average Bonchev–Trinajstić information content (AvgIpc) is 3.16. The molecular formula is C28H36Cl2N2O2S. The lowest BCUT2D eigenvalue weighted by Crippen LogP contribution is -2.43. The van der Waals surface area contributed by atoms with Crippen molar-refractivity contribution in [2.75, 3.05) is 39.0 Å². The molecule has 0 N–H and O–H groups in total. The molecule has 2 aromatic carbocycles. The van der Waals surface area contributed by atoms with Gasteiger partial charge < -0.3 is 14.5 Å². The van der Waals surface area contributed by atoms with Crippen molar-refractivity contribution in [3.05, 3.63) is 63.6 Å². The molecule has 0 bridgehead atoms. The summed E-state index contributed by atoms with van der Waals surface area (Å²) < 4.78 is 5.58. The lowest BCUT2D eigenvalue weighted by Gasteiger charge is -2.40. The van der Waals surface area contributed by atoms with E-state index in [0.29, 0.717) is 22.0 Å². The molecule has 1 fully saturated rings. The fourth-order valence-corrected chi connectivity index (χ4v) is 6.95. The average molecular weight is 536 g/mol. The van der Waals surface area contributed by atoms with Crippen LogP contribution in [0.15, 0.2) is 47.4 Å². The Bertz CT molecular complexity index is 1050. The number of amides is 1. The summed E-state index contributed by atoms with van der Waals surface area (Å²) in [5.41, 5.74) is 2.46. The molecule has 1 saturated heterocycles.